The molecule has 1 saturated carbocycles. The summed E-state index contributed by atoms with van der Waals surface area (Å²) in [5, 5.41) is 2.91. The number of carbonyl (C=O) groups excluding carboxylic acids is 1. The van der Waals surface area contributed by atoms with E-state index < -0.39 is 0 Å². The number of carbonyl (C=O) groups is 1. The Bertz CT molecular complexity index is 197. The summed E-state index contributed by atoms with van der Waals surface area (Å²) in [5.74, 6) is -0.0110. The van der Waals surface area contributed by atoms with E-state index in [1.54, 1.807) is 0 Å². The third-order valence-corrected chi connectivity index (χ3v) is 3.69. The lowest BCUT2D eigenvalue weighted by molar-refractivity contribution is -0.119. The Kier molecular flexibility index (Phi) is 2.15. The van der Waals surface area contributed by atoms with E-state index in [2.05, 4.69) is 33.0 Å². The molecular formula is C9H16ClNO. The van der Waals surface area contributed by atoms with Gasteiger partial charge in [-0.1, -0.05) is 27.7 Å². The minimum Gasteiger partial charge on any atom is -0.351 e. The van der Waals surface area contributed by atoms with Crippen LogP contribution in [0, 0.1) is 10.8 Å². The highest BCUT2D eigenvalue weighted by atomic mass is 35.5. The third-order valence-electron chi connectivity index (χ3n) is 3.45. The molecule has 2 nitrogen and oxygen atoms in total. The van der Waals surface area contributed by atoms with Crippen LogP contribution >= 0.6 is 11.6 Å². The van der Waals surface area contributed by atoms with Crippen molar-refractivity contribution in [2.75, 3.05) is 5.88 Å². The molecule has 0 aliphatic heterocycles. The number of rotatable bonds is 2. The summed E-state index contributed by atoms with van der Waals surface area (Å²) in [6.45, 7) is 8.64. The molecular weight excluding hydrogens is 174 g/mol. The fraction of sp³-hybridized carbons (Fsp3) is 0.889. The normalized spacial score (nSPS) is 25.1. The summed E-state index contributed by atoms with van der Waals surface area (Å²) < 4.78 is 0. The van der Waals surface area contributed by atoms with Crippen LogP contribution in [0.3, 0.4) is 0 Å². The van der Waals surface area contributed by atoms with Gasteiger partial charge in [-0.3, -0.25) is 4.79 Å². The molecule has 1 rings (SSSR count). The minimum absolute atomic E-state index is 0.0582. The van der Waals surface area contributed by atoms with Crippen LogP contribution in [0.25, 0.3) is 0 Å². The first-order valence-electron chi connectivity index (χ1n) is 4.19. The van der Waals surface area contributed by atoms with Gasteiger partial charge < -0.3 is 5.32 Å². The lowest BCUT2D eigenvalue weighted by Gasteiger charge is -2.03. The quantitative estimate of drug-likeness (QED) is 0.660. The molecule has 0 aromatic carbocycles. The van der Waals surface area contributed by atoms with Crippen LogP contribution in [0.5, 0.6) is 0 Å². The van der Waals surface area contributed by atoms with Crippen LogP contribution in [0.15, 0.2) is 0 Å². The summed E-state index contributed by atoms with van der Waals surface area (Å²) in [5.41, 5.74) is 0.406. The molecule has 0 atom stereocenters. The molecule has 0 aromatic heterocycles. The average molecular weight is 190 g/mol. The first-order valence-corrected chi connectivity index (χ1v) is 4.73. The fourth-order valence-electron chi connectivity index (χ4n) is 1.76. The van der Waals surface area contributed by atoms with Gasteiger partial charge in [-0.25, -0.2) is 0 Å². The van der Waals surface area contributed by atoms with Gasteiger partial charge in [0.15, 0.2) is 0 Å². The smallest absolute Gasteiger partial charge is 0.235 e. The molecule has 1 aliphatic carbocycles. The Morgan fingerprint density at radius 3 is 2.00 bits per heavy atom. The highest BCUT2D eigenvalue weighted by Gasteiger charge is 2.65. The second kappa shape index (κ2) is 2.63. The van der Waals surface area contributed by atoms with Crippen LogP contribution in [0.1, 0.15) is 27.7 Å². The van der Waals surface area contributed by atoms with Crippen LogP contribution in [0.2, 0.25) is 0 Å². The molecule has 70 valence electrons. The molecule has 0 spiro atoms. The first-order chi connectivity index (χ1) is 5.34. The lowest BCUT2D eigenvalue weighted by Crippen LogP contribution is -2.30. The van der Waals surface area contributed by atoms with Crippen LogP contribution < -0.4 is 5.32 Å². The van der Waals surface area contributed by atoms with E-state index in [9.17, 15) is 4.79 Å². The largest absolute Gasteiger partial charge is 0.351 e. The third kappa shape index (κ3) is 1.22. The number of hydrogen-bond donors (Lipinski definition) is 1. The zero-order chi connectivity index (χ0) is 9.57. The second-order valence-electron chi connectivity index (χ2n) is 4.58. The molecule has 0 aromatic rings. The van der Waals surface area contributed by atoms with Gasteiger partial charge in [-0.2, -0.15) is 0 Å². The Hall–Kier alpha value is -0.240. The van der Waals surface area contributed by atoms with E-state index in [-0.39, 0.29) is 28.7 Å². The maximum absolute atomic E-state index is 11.0. The van der Waals surface area contributed by atoms with Crippen molar-refractivity contribution in [3.63, 3.8) is 0 Å². The molecule has 1 amide bonds. The molecule has 1 fully saturated rings. The van der Waals surface area contributed by atoms with Gasteiger partial charge in [-0.15, -0.1) is 11.6 Å². The summed E-state index contributed by atoms with van der Waals surface area (Å²) in [7, 11) is 0. The highest BCUT2D eigenvalue weighted by Crippen LogP contribution is 2.62. The molecule has 0 heterocycles. The summed E-state index contributed by atoms with van der Waals surface area (Å²) in [6, 6.07) is 0.274. The number of halogens is 1. The Morgan fingerprint density at radius 2 is 1.75 bits per heavy atom. The molecule has 0 unspecified atom stereocenters. The van der Waals surface area contributed by atoms with Gasteiger partial charge in [-0.05, 0) is 10.8 Å². The molecule has 0 radical (unpaired) electrons. The Balaban J connectivity index is 2.54. The van der Waals surface area contributed by atoms with Crippen molar-refractivity contribution >= 4 is 17.5 Å². The van der Waals surface area contributed by atoms with Gasteiger partial charge in [0, 0.05) is 6.04 Å². The van der Waals surface area contributed by atoms with Crippen molar-refractivity contribution in [1.29, 1.82) is 0 Å². The number of alkyl halides is 1. The molecule has 3 heteroatoms. The van der Waals surface area contributed by atoms with Gasteiger partial charge in [0.2, 0.25) is 5.91 Å². The topological polar surface area (TPSA) is 29.1 Å². The van der Waals surface area contributed by atoms with Crippen LogP contribution in [0.4, 0.5) is 0 Å². The fourth-order valence-corrected chi connectivity index (χ4v) is 1.83. The summed E-state index contributed by atoms with van der Waals surface area (Å²) in [6.07, 6.45) is 0. The minimum atomic E-state index is -0.0692. The molecule has 12 heavy (non-hydrogen) atoms. The predicted molar refractivity (Wildman–Crippen MR) is 50.2 cm³/mol. The highest BCUT2D eigenvalue weighted by molar-refractivity contribution is 6.27. The van der Waals surface area contributed by atoms with Crippen molar-refractivity contribution in [3.05, 3.63) is 0 Å². The Labute approximate surface area is 78.7 Å². The first kappa shape index (κ1) is 9.85. The van der Waals surface area contributed by atoms with E-state index in [1.807, 2.05) is 0 Å². The second-order valence-corrected chi connectivity index (χ2v) is 4.84. The lowest BCUT2D eigenvalue weighted by atomic mass is 10.0. The van der Waals surface area contributed by atoms with E-state index in [0.29, 0.717) is 0 Å². The number of hydrogen-bond acceptors (Lipinski definition) is 1. The van der Waals surface area contributed by atoms with E-state index in [4.69, 9.17) is 11.6 Å². The monoisotopic (exact) mass is 189 g/mol. The summed E-state index contributed by atoms with van der Waals surface area (Å²) in [4.78, 5) is 11.0. The zero-order valence-electron chi connectivity index (χ0n) is 8.07. The van der Waals surface area contributed by atoms with Crippen LogP contribution in [-0.4, -0.2) is 17.8 Å². The standard InChI is InChI=1S/C9H16ClNO/c1-8(2)7(9(8,3)4)11-6(12)5-10/h7H,5H2,1-4H3,(H,11,12). The van der Waals surface area contributed by atoms with Crippen molar-refractivity contribution in [3.8, 4) is 0 Å². The van der Waals surface area contributed by atoms with Gasteiger partial charge in [0.25, 0.3) is 0 Å². The zero-order valence-corrected chi connectivity index (χ0v) is 8.83. The number of nitrogens with one attached hydrogen (secondary N) is 1. The molecule has 1 N–H and O–H groups in total. The van der Waals surface area contributed by atoms with E-state index >= 15 is 0 Å². The van der Waals surface area contributed by atoms with Crippen molar-refractivity contribution in [2.24, 2.45) is 10.8 Å². The van der Waals surface area contributed by atoms with Gasteiger partial charge in [0.05, 0.1) is 0 Å². The van der Waals surface area contributed by atoms with Crippen LogP contribution in [-0.2, 0) is 4.79 Å². The van der Waals surface area contributed by atoms with E-state index in [1.165, 1.54) is 0 Å². The van der Waals surface area contributed by atoms with Gasteiger partial charge >= 0.3 is 0 Å². The van der Waals surface area contributed by atoms with Crippen molar-refractivity contribution < 1.29 is 4.79 Å². The molecule has 1 aliphatic rings. The average Bonchev–Trinajstić information content (AvgIpc) is 2.32. The maximum Gasteiger partial charge on any atom is 0.235 e. The van der Waals surface area contributed by atoms with E-state index in [0.717, 1.165) is 0 Å². The number of amides is 1. The molecule has 0 saturated heterocycles. The predicted octanol–water partition coefficient (Wildman–Crippen LogP) is 1.78. The maximum atomic E-state index is 11.0. The Morgan fingerprint density at radius 1 is 1.33 bits per heavy atom. The summed E-state index contributed by atoms with van der Waals surface area (Å²) >= 11 is 5.40. The molecule has 0 bridgehead atoms. The van der Waals surface area contributed by atoms with Crippen molar-refractivity contribution in [1.82, 2.24) is 5.32 Å². The van der Waals surface area contributed by atoms with Gasteiger partial charge in [0.1, 0.15) is 5.88 Å². The van der Waals surface area contributed by atoms with Crippen molar-refractivity contribution in [2.45, 2.75) is 33.7 Å². The SMILES string of the molecule is CC1(C)C(NC(=O)CCl)C1(C)C.